The molecular weight excluding hydrogens is 356 g/mol. The molecule has 0 saturated heterocycles. The Morgan fingerprint density at radius 2 is 1.44 bits per heavy atom. The molecule has 134 valence electrons. The summed E-state index contributed by atoms with van der Waals surface area (Å²) in [5.41, 5.74) is 2.99. The van der Waals surface area contributed by atoms with Crippen molar-refractivity contribution >= 4 is 25.8 Å². The van der Waals surface area contributed by atoms with Crippen molar-refractivity contribution in [2.75, 3.05) is 0 Å². The van der Waals surface area contributed by atoms with Gasteiger partial charge in [0.1, 0.15) is 0 Å². The van der Waals surface area contributed by atoms with Crippen molar-refractivity contribution in [1.82, 2.24) is 9.55 Å². The van der Waals surface area contributed by atoms with E-state index in [1.54, 1.807) is 28.8 Å². The predicted octanol–water partition coefficient (Wildman–Crippen LogP) is 4.53. The van der Waals surface area contributed by atoms with E-state index in [9.17, 15) is 8.42 Å². The van der Waals surface area contributed by atoms with E-state index in [2.05, 4.69) is 11.6 Å². The molecule has 0 spiro atoms. The van der Waals surface area contributed by atoms with E-state index in [0.717, 1.165) is 11.1 Å². The van der Waals surface area contributed by atoms with Crippen LogP contribution in [-0.4, -0.2) is 18.0 Å². The van der Waals surface area contributed by atoms with E-state index in [0.29, 0.717) is 17.6 Å². The first-order chi connectivity index (χ1) is 13.1. The molecule has 0 aliphatic carbocycles. The van der Waals surface area contributed by atoms with Gasteiger partial charge in [0, 0.05) is 0 Å². The molecule has 0 N–H and O–H groups in total. The number of fused-ring (bicyclic) bond motifs is 1. The highest BCUT2D eigenvalue weighted by molar-refractivity contribution is 8.00. The summed E-state index contributed by atoms with van der Waals surface area (Å²) in [6.45, 7) is 4.26. The standard InChI is InChI=1S/C22H18N2O2S/c1-17(19-12-6-3-7-13-19)27(25,26)22-23-20-14-8-9-15-21(20)24(22)16-18-10-4-2-5-11-18/h2-15H,1,16H2. The molecule has 0 aliphatic heterocycles. The molecule has 0 amide bonds. The fourth-order valence-electron chi connectivity index (χ4n) is 3.07. The van der Waals surface area contributed by atoms with Gasteiger partial charge in [-0.3, -0.25) is 0 Å². The summed E-state index contributed by atoms with van der Waals surface area (Å²) >= 11 is 0. The van der Waals surface area contributed by atoms with Gasteiger partial charge in [0.2, 0.25) is 15.0 Å². The maximum absolute atomic E-state index is 13.3. The molecular formula is C22H18N2O2S. The van der Waals surface area contributed by atoms with E-state index in [4.69, 9.17) is 0 Å². The fourth-order valence-corrected chi connectivity index (χ4v) is 4.41. The van der Waals surface area contributed by atoms with Crippen LogP contribution in [0.3, 0.4) is 0 Å². The highest BCUT2D eigenvalue weighted by Gasteiger charge is 2.27. The van der Waals surface area contributed by atoms with Crippen molar-refractivity contribution in [1.29, 1.82) is 0 Å². The summed E-state index contributed by atoms with van der Waals surface area (Å²) in [5.74, 6) is 0. The Labute approximate surface area is 158 Å². The molecule has 1 heterocycles. The van der Waals surface area contributed by atoms with Crippen LogP contribution in [0.5, 0.6) is 0 Å². The minimum atomic E-state index is -3.85. The van der Waals surface area contributed by atoms with Crippen molar-refractivity contribution in [3.8, 4) is 0 Å². The van der Waals surface area contributed by atoms with Gasteiger partial charge in [-0.1, -0.05) is 79.4 Å². The SMILES string of the molecule is C=C(c1ccccc1)S(=O)(=O)c1nc2ccccc2n1Cc1ccccc1. The fraction of sp³-hybridized carbons (Fsp3) is 0.0455. The van der Waals surface area contributed by atoms with Crippen molar-refractivity contribution in [2.45, 2.75) is 11.7 Å². The van der Waals surface area contributed by atoms with Gasteiger partial charge in [-0.2, -0.15) is 0 Å². The second-order valence-corrected chi connectivity index (χ2v) is 8.11. The van der Waals surface area contributed by atoms with Gasteiger partial charge in [0.05, 0.1) is 22.5 Å². The van der Waals surface area contributed by atoms with Crippen molar-refractivity contribution in [3.63, 3.8) is 0 Å². The van der Waals surface area contributed by atoms with E-state index >= 15 is 0 Å². The average molecular weight is 374 g/mol. The number of rotatable bonds is 5. The second kappa shape index (κ2) is 6.85. The number of benzene rings is 3. The number of hydrogen-bond acceptors (Lipinski definition) is 3. The van der Waals surface area contributed by atoms with Crippen LogP contribution < -0.4 is 0 Å². The maximum atomic E-state index is 13.3. The van der Waals surface area contributed by atoms with Crippen LogP contribution in [0.4, 0.5) is 0 Å². The Bertz CT molecular complexity index is 1210. The van der Waals surface area contributed by atoms with Gasteiger partial charge in [-0.25, -0.2) is 13.4 Å². The smallest absolute Gasteiger partial charge is 0.240 e. The molecule has 4 nitrogen and oxygen atoms in total. The van der Waals surface area contributed by atoms with Crippen LogP contribution in [0.15, 0.2) is 96.7 Å². The van der Waals surface area contributed by atoms with E-state index in [1.165, 1.54) is 0 Å². The zero-order chi connectivity index (χ0) is 18.9. The second-order valence-electron chi connectivity index (χ2n) is 6.25. The number of para-hydroxylation sites is 2. The van der Waals surface area contributed by atoms with Crippen molar-refractivity contribution in [3.05, 3.63) is 103 Å². The van der Waals surface area contributed by atoms with Gasteiger partial charge < -0.3 is 4.57 Å². The Morgan fingerprint density at radius 1 is 0.852 bits per heavy atom. The largest absolute Gasteiger partial charge is 0.310 e. The number of sulfone groups is 1. The topological polar surface area (TPSA) is 52.0 Å². The summed E-state index contributed by atoms with van der Waals surface area (Å²) < 4.78 is 28.4. The highest BCUT2D eigenvalue weighted by Crippen LogP contribution is 2.29. The number of nitrogens with zero attached hydrogens (tertiary/aromatic N) is 2. The molecule has 4 rings (SSSR count). The Balaban J connectivity index is 1.88. The minimum absolute atomic E-state index is 0.0152. The van der Waals surface area contributed by atoms with Crippen LogP contribution >= 0.6 is 0 Å². The molecule has 0 unspecified atom stereocenters. The molecule has 4 aromatic rings. The monoisotopic (exact) mass is 374 g/mol. The Hall–Kier alpha value is -3.18. The van der Waals surface area contributed by atoms with E-state index in [-0.39, 0.29) is 10.1 Å². The molecule has 0 radical (unpaired) electrons. The highest BCUT2D eigenvalue weighted by atomic mass is 32.2. The lowest BCUT2D eigenvalue weighted by Gasteiger charge is -2.11. The molecule has 1 aromatic heterocycles. The van der Waals surface area contributed by atoms with Crippen LogP contribution in [-0.2, 0) is 16.4 Å². The summed E-state index contributed by atoms with van der Waals surface area (Å²) in [7, 11) is -3.85. The van der Waals surface area contributed by atoms with Crippen LogP contribution in [0.25, 0.3) is 15.9 Å². The third-order valence-corrected chi connectivity index (χ3v) is 6.14. The van der Waals surface area contributed by atoms with Crippen molar-refractivity contribution < 1.29 is 8.42 Å². The Morgan fingerprint density at radius 3 is 2.15 bits per heavy atom. The lowest BCUT2D eigenvalue weighted by molar-refractivity contribution is 0.585. The average Bonchev–Trinajstić information content (AvgIpc) is 3.08. The number of imidazole rings is 1. The normalized spacial score (nSPS) is 11.6. The summed E-state index contributed by atoms with van der Waals surface area (Å²) in [5, 5.41) is 0.0152. The first-order valence-electron chi connectivity index (χ1n) is 8.56. The number of hydrogen-bond donors (Lipinski definition) is 0. The number of aromatic nitrogens is 2. The summed E-state index contributed by atoms with van der Waals surface area (Å²) in [6, 6.07) is 26.1. The molecule has 5 heteroatoms. The van der Waals surface area contributed by atoms with E-state index < -0.39 is 9.84 Å². The predicted molar refractivity (Wildman–Crippen MR) is 108 cm³/mol. The van der Waals surface area contributed by atoms with Gasteiger partial charge in [-0.05, 0) is 23.3 Å². The first-order valence-corrected chi connectivity index (χ1v) is 10.0. The van der Waals surface area contributed by atoms with E-state index in [1.807, 2.05) is 60.7 Å². The summed E-state index contributed by atoms with van der Waals surface area (Å²) in [4.78, 5) is 4.49. The lowest BCUT2D eigenvalue weighted by Crippen LogP contribution is -2.13. The van der Waals surface area contributed by atoms with Gasteiger partial charge in [0.15, 0.2) is 0 Å². The molecule has 0 fully saturated rings. The van der Waals surface area contributed by atoms with Crippen LogP contribution in [0.1, 0.15) is 11.1 Å². The lowest BCUT2D eigenvalue weighted by atomic mass is 10.2. The van der Waals surface area contributed by atoms with Gasteiger partial charge in [-0.15, -0.1) is 0 Å². The molecule has 0 saturated carbocycles. The molecule has 0 aliphatic rings. The zero-order valence-electron chi connectivity index (χ0n) is 14.6. The van der Waals surface area contributed by atoms with Gasteiger partial charge in [0.25, 0.3) is 0 Å². The maximum Gasteiger partial charge on any atom is 0.240 e. The molecule has 0 bridgehead atoms. The van der Waals surface area contributed by atoms with Crippen molar-refractivity contribution in [2.24, 2.45) is 0 Å². The molecule has 3 aromatic carbocycles. The minimum Gasteiger partial charge on any atom is -0.310 e. The molecule has 0 atom stereocenters. The zero-order valence-corrected chi connectivity index (χ0v) is 15.4. The third kappa shape index (κ3) is 3.17. The summed E-state index contributed by atoms with van der Waals surface area (Å²) in [6.07, 6.45) is 0. The first kappa shape index (κ1) is 17.2. The van der Waals surface area contributed by atoms with Crippen LogP contribution in [0.2, 0.25) is 0 Å². The molecule has 27 heavy (non-hydrogen) atoms. The third-order valence-electron chi connectivity index (χ3n) is 4.46. The van der Waals surface area contributed by atoms with Crippen LogP contribution in [0, 0.1) is 0 Å². The quantitative estimate of drug-likeness (QED) is 0.516. The van der Waals surface area contributed by atoms with Gasteiger partial charge >= 0.3 is 0 Å². The Kier molecular flexibility index (Phi) is 4.38.